The summed E-state index contributed by atoms with van der Waals surface area (Å²) in [6.45, 7) is 6.71. The molecule has 1 nitrogen and oxygen atoms in total. The lowest BCUT2D eigenvalue weighted by Gasteiger charge is -1.97. The van der Waals surface area contributed by atoms with Crippen LogP contribution in [-0.2, 0) is 4.74 Å². The van der Waals surface area contributed by atoms with E-state index in [2.05, 4.69) is 20.8 Å². The summed E-state index contributed by atoms with van der Waals surface area (Å²) in [4.78, 5) is 0. The highest BCUT2D eigenvalue weighted by Crippen LogP contribution is 2.53. The Kier molecular flexibility index (Phi) is 1.12. The third kappa shape index (κ3) is 0.576. The Morgan fingerprint density at radius 2 is 1.75 bits per heavy atom. The van der Waals surface area contributed by atoms with Crippen molar-refractivity contribution in [1.29, 1.82) is 0 Å². The average molecular weight is 114 g/mol. The molecule has 0 bridgehead atoms. The highest BCUT2D eigenvalue weighted by Gasteiger charge is 2.55. The van der Waals surface area contributed by atoms with Gasteiger partial charge < -0.3 is 4.74 Å². The summed E-state index contributed by atoms with van der Waals surface area (Å²) in [6.07, 6.45) is 0.516. The first-order valence-corrected chi connectivity index (χ1v) is 3.13. The zero-order valence-corrected chi connectivity index (χ0v) is 6.06. The Labute approximate surface area is 51.0 Å². The van der Waals surface area contributed by atoms with E-state index in [4.69, 9.17) is 4.74 Å². The summed E-state index contributed by atoms with van der Waals surface area (Å²) in [7, 11) is 1.79. The molecular weight excluding hydrogens is 100 g/mol. The fourth-order valence-corrected chi connectivity index (χ4v) is 1.35. The first-order valence-electron chi connectivity index (χ1n) is 3.13. The minimum Gasteiger partial charge on any atom is -0.381 e. The molecule has 0 N–H and O–H groups in total. The molecule has 0 amide bonds. The maximum absolute atomic E-state index is 5.19. The van der Waals surface area contributed by atoms with Crippen molar-refractivity contribution in [3.8, 4) is 0 Å². The molecule has 0 radical (unpaired) electrons. The van der Waals surface area contributed by atoms with E-state index in [1.807, 2.05) is 0 Å². The average Bonchev–Trinajstić information content (AvgIpc) is 2.09. The maximum atomic E-state index is 5.19. The van der Waals surface area contributed by atoms with Crippen LogP contribution in [0, 0.1) is 11.3 Å². The molecule has 1 saturated carbocycles. The standard InChI is InChI=1S/C7H14O/c1-5-6(8-4)7(5,2)3/h5-6H,1-4H3. The van der Waals surface area contributed by atoms with Crippen LogP contribution in [-0.4, -0.2) is 13.2 Å². The lowest BCUT2D eigenvalue weighted by molar-refractivity contribution is 0.148. The van der Waals surface area contributed by atoms with Crippen molar-refractivity contribution >= 4 is 0 Å². The monoisotopic (exact) mass is 114 g/mol. The normalized spacial score (nSPS) is 42.0. The Morgan fingerprint density at radius 3 is 1.75 bits per heavy atom. The topological polar surface area (TPSA) is 9.23 Å². The molecule has 0 aromatic rings. The van der Waals surface area contributed by atoms with Crippen molar-refractivity contribution in [2.45, 2.75) is 26.9 Å². The van der Waals surface area contributed by atoms with Gasteiger partial charge in [0.25, 0.3) is 0 Å². The van der Waals surface area contributed by atoms with Crippen LogP contribution in [0.15, 0.2) is 0 Å². The molecule has 1 aliphatic carbocycles. The molecule has 0 spiro atoms. The number of rotatable bonds is 1. The van der Waals surface area contributed by atoms with Crippen LogP contribution in [0.5, 0.6) is 0 Å². The van der Waals surface area contributed by atoms with E-state index in [1.54, 1.807) is 7.11 Å². The molecule has 48 valence electrons. The second kappa shape index (κ2) is 1.47. The minimum absolute atomic E-state index is 0.453. The van der Waals surface area contributed by atoms with Crippen molar-refractivity contribution in [2.24, 2.45) is 11.3 Å². The van der Waals surface area contributed by atoms with Crippen molar-refractivity contribution < 1.29 is 4.74 Å². The summed E-state index contributed by atoms with van der Waals surface area (Å²) < 4.78 is 5.19. The highest BCUT2D eigenvalue weighted by molar-refractivity contribution is 5.03. The second-order valence-corrected chi connectivity index (χ2v) is 3.27. The third-order valence-electron chi connectivity index (χ3n) is 2.51. The van der Waals surface area contributed by atoms with Crippen LogP contribution < -0.4 is 0 Å². The van der Waals surface area contributed by atoms with Crippen LogP contribution in [0.25, 0.3) is 0 Å². The van der Waals surface area contributed by atoms with Gasteiger partial charge in [-0.15, -0.1) is 0 Å². The van der Waals surface area contributed by atoms with Crippen LogP contribution in [0.4, 0.5) is 0 Å². The molecule has 1 aliphatic rings. The fraction of sp³-hybridized carbons (Fsp3) is 1.00. The van der Waals surface area contributed by atoms with Crippen LogP contribution in [0.2, 0.25) is 0 Å². The Morgan fingerprint density at radius 1 is 1.38 bits per heavy atom. The van der Waals surface area contributed by atoms with E-state index in [0.29, 0.717) is 11.5 Å². The van der Waals surface area contributed by atoms with Gasteiger partial charge in [-0.25, -0.2) is 0 Å². The van der Waals surface area contributed by atoms with Crippen molar-refractivity contribution in [2.75, 3.05) is 7.11 Å². The van der Waals surface area contributed by atoms with Gasteiger partial charge in [-0.1, -0.05) is 20.8 Å². The Hall–Kier alpha value is -0.0400. The van der Waals surface area contributed by atoms with E-state index >= 15 is 0 Å². The van der Waals surface area contributed by atoms with Gasteiger partial charge in [0.1, 0.15) is 0 Å². The van der Waals surface area contributed by atoms with Gasteiger partial charge in [0.2, 0.25) is 0 Å². The molecule has 0 aromatic heterocycles. The highest BCUT2D eigenvalue weighted by atomic mass is 16.5. The third-order valence-corrected chi connectivity index (χ3v) is 2.51. The first kappa shape index (κ1) is 6.09. The Balaban J connectivity index is 2.45. The SMILES string of the molecule is COC1C(C)C1(C)C. The number of ether oxygens (including phenoxy) is 1. The molecule has 0 saturated heterocycles. The van der Waals surface area contributed by atoms with E-state index < -0.39 is 0 Å². The van der Waals surface area contributed by atoms with Crippen molar-refractivity contribution in [3.63, 3.8) is 0 Å². The van der Waals surface area contributed by atoms with Gasteiger partial charge in [0.15, 0.2) is 0 Å². The molecule has 1 fully saturated rings. The van der Waals surface area contributed by atoms with Crippen molar-refractivity contribution in [3.05, 3.63) is 0 Å². The quantitative estimate of drug-likeness (QED) is 0.504. The Bertz CT molecular complexity index is 96.6. The summed E-state index contributed by atoms with van der Waals surface area (Å²) >= 11 is 0. The maximum Gasteiger partial charge on any atom is 0.0657 e. The molecule has 8 heavy (non-hydrogen) atoms. The molecule has 0 aromatic carbocycles. The number of hydrogen-bond donors (Lipinski definition) is 0. The van der Waals surface area contributed by atoms with E-state index in [0.717, 1.165) is 5.92 Å². The van der Waals surface area contributed by atoms with Crippen molar-refractivity contribution in [1.82, 2.24) is 0 Å². The van der Waals surface area contributed by atoms with E-state index in [-0.39, 0.29) is 0 Å². The smallest absolute Gasteiger partial charge is 0.0657 e. The second-order valence-electron chi connectivity index (χ2n) is 3.27. The van der Waals surface area contributed by atoms with Crippen LogP contribution in [0.1, 0.15) is 20.8 Å². The lowest BCUT2D eigenvalue weighted by atomic mass is 10.1. The summed E-state index contributed by atoms with van der Waals surface area (Å²) in [5.41, 5.74) is 0.453. The fourth-order valence-electron chi connectivity index (χ4n) is 1.35. The van der Waals surface area contributed by atoms with Crippen LogP contribution >= 0.6 is 0 Å². The molecule has 2 atom stereocenters. The van der Waals surface area contributed by atoms with Gasteiger partial charge in [-0.2, -0.15) is 0 Å². The zero-order chi connectivity index (χ0) is 6.36. The van der Waals surface area contributed by atoms with Gasteiger partial charge >= 0.3 is 0 Å². The molecule has 1 heteroatoms. The van der Waals surface area contributed by atoms with Gasteiger partial charge in [-0.05, 0) is 11.3 Å². The van der Waals surface area contributed by atoms with Crippen LogP contribution in [0.3, 0.4) is 0 Å². The molecule has 0 heterocycles. The number of methoxy groups -OCH3 is 1. The van der Waals surface area contributed by atoms with Gasteiger partial charge in [0.05, 0.1) is 6.10 Å². The van der Waals surface area contributed by atoms with E-state index in [1.165, 1.54) is 0 Å². The number of hydrogen-bond acceptors (Lipinski definition) is 1. The largest absolute Gasteiger partial charge is 0.381 e. The lowest BCUT2D eigenvalue weighted by Crippen LogP contribution is -1.96. The van der Waals surface area contributed by atoms with E-state index in [9.17, 15) is 0 Å². The molecule has 2 unspecified atom stereocenters. The summed E-state index contributed by atoms with van der Waals surface area (Å²) in [5, 5.41) is 0. The molecular formula is C7H14O. The molecule has 0 aliphatic heterocycles. The predicted octanol–water partition coefficient (Wildman–Crippen LogP) is 1.68. The predicted molar refractivity (Wildman–Crippen MR) is 33.7 cm³/mol. The summed E-state index contributed by atoms with van der Waals surface area (Å²) in [5.74, 6) is 0.757. The van der Waals surface area contributed by atoms with Gasteiger partial charge in [0, 0.05) is 7.11 Å². The van der Waals surface area contributed by atoms with Gasteiger partial charge in [-0.3, -0.25) is 0 Å². The minimum atomic E-state index is 0.453. The zero-order valence-electron chi connectivity index (χ0n) is 6.06. The molecule has 1 rings (SSSR count). The first-order chi connectivity index (χ1) is 3.60. The summed E-state index contributed by atoms with van der Waals surface area (Å²) in [6, 6.07) is 0.